The van der Waals surface area contributed by atoms with Crippen molar-refractivity contribution in [1.82, 2.24) is 10.2 Å². The van der Waals surface area contributed by atoms with Gasteiger partial charge in [0.25, 0.3) is 0 Å². The van der Waals surface area contributed by atoms with Crippen LogP contribution in [0, 0.1) is 5.92 Å². The molecule has 1 atom stereocenters. The summed E-state index contributed by atoms with van der Waals surface area (Å²) in [5.41, 5.74) is 0. The van der Waals surface area contributed by atoms with Crippen LogP contribution in [0.5, 0.6) is 0 Å². The molecule has 0 saturated heterocycles. The van der Waals surface area contributed by atoms with Crippen molar-refractivity contribution >= 4 is 0 Å². The van der Waals surface area contributed by atoms with E-state index in [9.17, 15) is 5.11 Å². The van der Waals surface area contributed by atoms with E-state index in [-0.39, 0.29) is 6.23 Å². The van der Waals surface area contributed by atoms with Gasteiger partial charge in [0.15, 0.2) is 0 Å². The molecule has 1 rings (SSSR count). The number of nitrogens with one attached hydrogen (secondary N) is 1. The smallest absolute Gasteiger partial charge is 0.102 e. The molecule has 3 nitrogen and oxygen atoms in total. The number of aliphatic hydroxyl groups is 1. The zero-order valence-electron chi connectivity index (χ0n) is 9.66. The molecule has 0 aliphatic heterocycles. The molecule has 1 fully saturated rings. The van der Waals surface area contributed by atoms with E-state index in [0.717, 1.165) is 5.92 Å². The Morgan fingerprint density at radius 2 is 1.86 bits per heavy atom. The van der Waals surface area contributed by atoms with Crippen molar-refractivity contribution in [3.05, 3.63) is 0 Å². The van der Waals surface area contributed by atoms with Crippen LogP contribution in [0.1, 0.15) is 32.6 Å². The van der Waals surface area contributed by atoms with Crippen LogP contribution in [0.15, 0.2) is 0 Å². The van der Waals surface area contributed by atoms with E-state index in [4.69, 9.17) is 0 Å². The molecule has 0 amide bonds. The topological polar surface area (TPSA) is 35.5 Å². The van der Waals surface area contributed by atoms with Crippen molar-refractivity contribution in [2.24, 2.45) is 5.92 Å². The molecule has 0 aromatic carbocycles. The highest BCUT2D eigenvalue weighted by atomic mass is 16.3. The predicted octanol–water partition coefficient (Wildman–Crippen LogP) is 1.03. The zero-order valence-corrected chi connectivity index (χ0v) is 9.66. The van der Waals surface area contributed by atoms with E-state index in [1.54, 1.807) is 6.92 Å². The Bertz CT molecular complexity index is 133. The van der Waals surface area contributed by atoms with Gasteiger partial charge in [-0.1, -0.05) is 0 Å². The third kappa shape index (κ3) is 4.40. The Kier molecular flexibility index (Phi) is 4.85. The van der Waals surface area contributed by atoms with Crippen LogP contribution in [-0.2, 0) is 0 Å². The molecule has 2 N–H and O–H groups in total. The van der Waals surface area contributed by atoms with Crippen LogP contribution >= 0.6 is 0 Å². The molecule has 3 heteroatoms. The highest BCUT2D eigenvalue weighted by Gasteiger charge is 2.21. The van der Waals surface area contributed by atoms with E-state index in [0.29, 0.717) is 6.04 Å². The average molecular weight is 200 g/mol. The SMILES string of the molecule is CC(O)NC1CCC(CN(C)C)CC1. The lowest BCUT2D eigenvalue weighted by molar-refractivity contribution is 0.121. The molecule has 0 radical (unpaired) electrons. The molecule has 0 bridgehead atoms. The molecule has 0 aromatic heterocycles. The average Bonchev–Trinajstić information content (AvgIpc) is 2.06. The fourth-order valence-electron chi connectivity index (χ4n) is 2.37. The summed E-state index contributed by atoms with van der Waals surface area (Å²) in [5, 5.41) is 12.4. The number of hydrogen-bond acceptors (Lipinski definition) is 3. The largest absolute Gasteiger partial charge is 0.379 e. The van der Waals surface area contributed by atoms with Gasteiger partial charge in [0, 0.05) is 12.6 Å². The second-order valence-electron chi connectivity index (χ2n) is 4.82. The van der Waals surface area contributed by atoms with Crippen molar-refractivity contribution in [2.75, 3.05) is 20.6 Å². The van der Waals surface area contributed by atoms with Gasteiger partial charge >= 0.3 is 0 Å². The van der Waals surface area contributed by atoms with E-state index >= 15 is 0 Å². The maximum atomic E-state index is 9.20. The first-order valence-electron chi connectivity index (χ1n) is 5.66. The highest BCUT2D eigenvalue weighted by molar-refractivity contribution is 4.78. The molecule has 0 aromatic rings. The van der Waals surface area contributed by atoms with Gasteiger partial charge in [0.1, 0.15) is 6.23 Å². The number of nitrogens with zero attached hydrogens (tertiary/aromatic N) is 1. The van der Waals surface area contributed by atoms with Crippen molar-refractivity contribution in [3.8, 4) is 0 Å². The lowest BCUT2D eigenvalue weighted by Gasteiger charge is -2.31. The van der Waals surface area contributed by atoms with Crippen molar-refractivity contribution < 1.29 is 5.11 Å². The van der Waals surface area contributed by atoms with E-state index in [1.807, 2.05) is 0 Å². The first-order chi connectivity index (χ1) is 6.58. The van der Waals surface area contributed by atoms with Gasteiger partial charge in [-0.05, 0) is 52.6 Å². The second kappa shape index (κ2) is 5.69. The summed E-state index contributed by atoms with van der Waals surface area (Å²) in [6.07, 6.45) is 4.66. The Morgan fingerprint density at radius 1 is 1.29 bits per heavy atom. The Labute approximate surface area is 87.5 Å². The van der Waals surface area contributed by atoms with E-state index < -0.39 is 0 Å². The first kappa shape index (κ1) is 12.0. The molecular weight excluding hydrogens is 176 g/mol. The minimum atomic E-state index is -0.356. The summed E-state index contributed by atoms with van der Waals surface area (Å²) in [4.78, 5) is 2.27. The highest BCUT2D eigenvalue weighted by Crippen LogP contribution is 2.24. The minimum Gasteiger partial charge on any atom is -0.379 e. The minimum absolute atomic E-state index is 0.356. The maximum absolute atomic E-state index is 9.20. The molecule has 1 unspecified atom stereocenters. The molecule has 1 aliphatic carbocycles. The predicted molar refractivity (Wildman–Crippen MR) is 59.1 cm³/mol. The number of aliphatic hydroxyl groups excluding tert-OH is 1. The molecule has 1 saturated carbocycles. The van der Waals surface area contributed by atoms with Gasteiger partial charge in [0.2, 0.25) is 0 Å². The van der Waals surface area contributed by atoms with Gasteiger partial charge in [0.05, 0.1) is 0 Å². The van der Waals surface area contributed by atoms with Crippen LogP contribution in [-0.4, -0.2) is 42.9 Å². The third-order valence-corrected chi connectivity index (χ3v) is 2.95. The van der Waals surface area contributed by atoms with Gasteiger partial charge < -0.3 is 10.0 Å². The lowest BCUT2D eigenvalue weighted by atomic mass is 9.86. The molecule has 84 valence electrons. The number of rotatable bonds is 4. The molecule has 1 aliphatic rings. The van der Waals surface area contributed by atoms with Gasteiger partial charge in [-0.15, -0.1) is 0 Å². The summed E-state index contributed by atoms with van der Waals surface area (Å²) in [6, 6.07) is 0.536. The summed E-state index contributed by atoms with van der Waals surface area (Å²) in [6.45, 7) is 3.01. The van der Waals surface area contributed by atoms with Gasteiger partial charge in [-0.2, -0.15) is 0 Å². The molecule has 0 heterocycles. The summed E-state index contributed by atoms with van der Waals surface area (Å²) in [7, 11) is 4.28. The quantitative estimate of drug-likeness (QED) is 0.666. The van der Waals surface area contributed by atoms with Crippen LogP contribution < -0.4 is 5.32 Å². The monoisotopic (exact) mass is 200 g/mol. The lowest BCUT2D eigenvalue weighted by Crippen LogP contribution is -2.40. The number of hydrogen-bond donors (Lipinski definition) is 2. The second-order valence-corrected chi connectivity index (χ2v) is 4.82. The maximum Gasteiger partial charge on any atom is 0.102 e. The molecule has 14 heavy (non-hydrogen) atoms. The third-order valence-electron chi connectivity index (χ3n) is 2.95. The van der Waals surface area contributed by atoms with E-state index in [1.165, 1.54) is 32.2 Å². The Hall–Kier alpha value is -0.120. The van der Waals surface area contributed by atoms with Crippen molar-refractivity contribution in [2.45, 2.75) is 44.9 Å². The van der Waals surface area contributed by atoms with Crippen LogP contribution in [0.25, 0.3) is 0 Å². The van der Waals surface area contributed by atoms with Crippen molar-refractivity contribution in [3.63, 3.8) is 0 Å². The summed E-state index contributed by atoms with van der Waals surface area (Å²) in [5.74, 6) is 0.858. The summed E-state index contributed by atoms with van der Waals surface area (Å²) >= 11 is 0. The Morgan fingerprint density at radius 3 is 2.29 bits per heavy atom. The summed E-state index contributed by atoms with van der Waals surface area (Å²) < 4.78 is 0. The standard InChI is InChI=1S/C11H24N2O/c1-9(14)12-11-6-4-10(5-7-11)8-13(2)3/h9-12,14H,4-8H2,1-3H3. The van der Waals surface area contributed by atoms with Crippen molar-refractivity contribution in [1.29, 1.82) is 0 Å². The van der Waals surface area contributed by atoms with E-state index in [2.05, 4.69) is 24.3 Å². The fourth-order valence-corrected chi connectivity index (χ4v) is 2.37. The molecule has 0 spiro atoms. The fraction of sp³-hybridized carbons (Fsp3) is 1.00. The van der Waals surface area contributed by atoms with Gasteiger partial charge in [-0.3, -0.25) is 5.32 Å². The van der Waals surface area contributed by atoms with Crippen LogP contribution in [0.2, 0.25) is 0 Å². The molecular formula is C11H24N2O. The zero-order chi connectivity index (χ0) is 10.6. The Balaban J connectivity index is 2.17. The van der Waals surface area contributed by atoms with Crippen LogP contribution in [0.4, 0.5) is 0 Å². The first-order valence-corrected chi connectivity index (χ1v) is 5.66. The van der Waals surface area contributed by atoms with Gasteiger partial charge in [-0.25, -0.2) is 0 Å². The van der Waals surface area contributed by atoms with Crippen LogP contribution in [0.3, 0.4) is 0 Å². The normalized spacial score (nSPS) is 30.6.